The first-order valence-electron chi connectivity index (χ1n) is 8.73. The van der Waals surface area contributed by atoms with Crippen LogP contribution in [-0.4, -0.2) is 66.0 Å². The van der Waals surface area contributed by atoms with Crippen molar-refractivity contribution in [1.82, 2.24) is 9.21 Å². The normalized spacial score (nSPS) is 16.4. The van der Waals surface area contributed by atoms with E-state index in [1.807, 2.05) is 26.0 Å². The number of aliphatic carboxylic acids is 1. The van der Waals surface area contributed by atoms with E-state index < -0.39 is 22.5 Å². The van der Waals surface area contributed by atoms with Crippen LogP contribution in [0.4, 0.5) is 0 Å². The maximum absolute atomic E-state index is 13.0. The molecule has 2 rings (SSSR count). The number of nitrogens with zero attached hydrogens (tertiary/aromatic N) is 2. The highest BCUT2D eigenvalue weighted by molar-refractivity contribution is 7.89. The van der Waals surface area contributed by atoms with E-state index in [4.69, 9.17) is 0 Å². The third-order valence-electron chi connectivity index (χ3n) is 4.80. The van der Waals surface area contributed by atoms with Gasteiger partial charge in [0.05, 0.1) is 5.75 Å². The first-order valence-corrected chi connectivity index (χ1v) is 10.3. The van der Waals surface area contributed by atoms with Crippen LogP contribution >= 0.6 is 0 Å². The summed E-state index contributed by atoms with van der Waals surface area (Å²) < 4.78 is 25.4. The number of aryl methyl sites for hydroxylation is 2. The average molecular weight is 382 g/mol. The number of hydrogen-bond acceptors (Lipinski definition) is 4. The van der Waals surface area contributed by atoms with Gasteiger partial charge >= 0.3 is 5.97 Å². The molecule has 8 heteroatoms. The molecule has 1 saturated heterocycles. The lowest BCUT2D eigenvalue weighted by Crippen LogP contribution is -2.50. The van der Waals surface area contributed by atoms with Crippen molar-refractivity contribution < 1.29 is 23.1 Å². The van der Waals surface area contributed by atoms with Gasteiger partial charge in [0, 0.05) is 24.7 Å². The standard InChI is InChI=1S/C18H26N2O5S/c1-4-26(24,25)19-9-7-15(8-10-19)20(12-17(21)22)18(23)16-6-5-13(2)11-14(16)3/h5-6,11,15H,4,7-10,12H2,1-3H3,(H,21,22). The Bertz CT molecular complexity index is 783. The summed E-state index contributed by atoms with van der Waals surface area (Å²) in [5, 5.41) is 9.24. The molecule has 26 heavy (non-hydrogen) atoms. The summed E-state index contributed by atoms with van der Waals surface area (Å²) in [4.78, 5) is 25.6. The molecule has 1 heterocycles. The van der Waals surface area contributed by atoms with E-state index in [-0.39, 0.29) is 17.7 Å². The number of sulfonamides is 1. The lowest BCUT2D eigenvalue weighted by Gasteiger charge is -2.37. The van der Waals surface area contributed by atoms with Crippen LogP contribution in [0.5, 0.6) is 0 Å². The van der Waals surface area contributed by atoms with Crippen LogP contribution in [-0.2, 0) is 14.8 Å². The zero-order chi connectivity index (χ0) is 19.5. The van der Waals surface area contributed by atoms with Gasteiger partial charge < -0.3 is 10.0 Å². The number of amides is 1. The third kappa shape index (κ3) is 4.62. The zero-order valence-corrected chi connectivity index (χ0v) is 16.3. The molecule has 1 fully saturated rings. The summed E-state index contributed by atoms with van der Waals surface area (Å²) in [6.45, 7) is 5.57. The molecule has 0 unspecified atom stereocenters. The summed E-state index contributed by atoms with van der Waals surface area (Å²) in [6.07, 6.45) is 0.867. The number of carbonyl (C=O) groups excluding carboxylic acids is 1. The molecule has 1 aromatic carbocycles. The first-order chi connectivity index (χ1) is 12.2. The quantitative estimate of drug-likeness (QED) is 0.807. The summed E-state index contributed by atoms with van der Waals surface area (Å²) in [5.74, 6) is -1.36. The van der Waals surface area contributed by atoms with E-state index in [1.54, 1.807) is 13.0 Å². The second-order valence-corrected chi connectivity index (χ2v) is 8.93. The van der Waals surface area contributed by atoms with E-state index in [2.05, 4.69) is 0 Å². The number of rotatable bonds is 6. The van der Waals surface area contributed by atoms with Gasteiger partial charge in [0.2, 0.25) is 10.0 Å². The van der Waals surface area contributed by atoms with E-state index in [0.717, 1.165) is 11.1 Å². The van der Waals surface area contributed by atoms with Gasteiger partial charge in [0.1, 0.15) is 6.54 Å². The van der Waals surface area contributed by atoms with Crippen molar-refractivity contribution in [1.29, 1.82) is 0 Å². The number of piperidine rings is 1. The molecule has 1 amide bonds. The van der Waals surface area contributed by atoms with Gasteiger partial charge in [-0.15, -0.1) is 0 Å². The molecular formula is C18H26N2O5S. The summed E-state index contributed by atoms with van der Waals surface area (Å²) in [5.41, 5.74) is 2.32. The molecule has 1 N–H and O–H groups in total. The van der Waals surface area contributed by atoms with Crippen molar-refractivity contribution in [2.45, 2.75) is 39.7 Å². The van der Waals surface area contributed by atoms with Crippen LogP contribution in [0.2, 0.25) is 0 Å². The Balaban J connectivity index is 2.20. The average Bonchev–Trinajstić information content (AvgIpc) is 2.59. The molecule has 1 aliphatic heterocycles. The minimum atomic E-state index is -3.26. The summed E-state index contributed by atoms with van der Waals surface area (Å²) in [6, 6.07) is 5.15. The predicted octanol–water partition coefficient (Wildman–Crippen LogP) is 1.64. The van der Waals surface area contributed by atoms with Crippen molar-refractivity contribution in [2.75, 3.05) is 25.4 Å². The Kier molecular flexibility index (Phi) is 6.41. The fraction of sp³-hybridized carbons (Fsp3) is 0.556. The molecule has 7 nitrogen and oxygen atoms in total. The highest BCUT2D eigenvalue weighted by atomic mass is 32.2. The van der Waals surface area contributed by atoms with Crippen LogP contribution in [0, 0.1) is 13.8 Å². The second kappa shape index (κ2) is 8.18. The van der Waals surface area contributed by atoms with Crippen molar-refractivity contribution in [3.05, 3.63) is 34.9 Å². The molecule has 0 aromatic heterocycles. The van der Waals surface area contributed by atoms with E-state index in [0.29, 0.717) is 31.5 Å². The monoisotopic (exact) mass is 382 g/mol. The van der Waals surface area contributed by atoms with Crippen LogP contribution in [0.1, 0.15) is 41.3 Å². The Labute approximate surface area is 154 Å². The highest BCUT2D eigenvalue weighted by Gasteiger charge is 2.33. The highest BCUT2D eigenvalue weighted by Crippen LogP contribution is 2.22. The van der Waals surface area contributed by atoms with Crippen LogP contribution in [0.15, 0.2) is 18.2 Å². The predicted molar refractivity (Wildman–Crippen MR) is 98.6 cm³/mol. The molecule has 0 spiro atoms. The van der Waals surface area contributed by atoms with Crippen LogP contribution < -0.4 is 0 Å². The van der Waals surface area contributed by atoms with Gasteiger partial charge in [-0.2, -0.15) is 0 Å². The maximum atomic E-state index is 13.0. The Morgan fingerprint density at radius 1 is 1.23 bits per heavy atom. The van der Waals surface area contributed by atoms with Gasteiger partial charge in [-0.3, -0.25) is 9.59 Å². The van der Waals surface area contributed by atoms with E-state index >= 15 is 0 Å². The lowest BCUT2D eigenvalue weighted by atomic mass is 10.0. The molecule has 1 aliphatic rings. The number of carbonyl (C=O) groups is 2. The van der Waals surface area contributed by atoms with Gasteiger partial charge in [-0.1, -0.05) is 17.7 Å². The smallest absolute Gasteiger partial charge is 0.323 e. The van der Waals surface area contributed by atoms with Gasteiger partial charge in [-0.25, -0.2) is 12.7 Å². The van der Waals surface area contributed by atoms with Crippen molar-refractivity contribution in [3.8, 4) is 0 Å². The number of benzene rings is 1. The molecular weight excluding hydrogens is 356 g/mol. The molecule has 0 atom stereocenters. The van der Waals surface area contributed by atoms with Gasteiger partial charge in [0.25, 0.3) is 5.91 Å². The summed E-state index contributed by atoms with van der Waals surface area (Å²) >= 11 is 0. The molecule has 0 saturated carbocycles. The van der Waals surface area contributed by atoms with Gasteiger partial charge in [0.15, 0.2) is 0 Å². The largest absolute Gasteiger partial charge is 0.480 e. The van der Waals surface area contributed by atoms with Crippen molar-refractivity contribution in [2.24, 2.45) is 0 Å². The molecule has 0 aliphatic carbocycles. The van der Waals surface area contributed by atoms with Crippen molar-refractivity contribution >= 4 is 21.9 Å². The fourth-order valence-corrected chi connectivity index (χ4v) is 4.47. The van der Waals surface area contributed by atoms with Gasteiger partial charge in [-0.05, 0) is 45.2 Å². The fourth-order valence-electron chi connectivity index (χ4n) is 3.34. The number of hydrogen-bond donors (Lipinski definition) is 1. The van der Waals surface area contributed by atoms with E-state index in [9.17, 15) is 23.1 Å². The van der Waals surface area contributed by atoms with Crippen LogP contribution in [0.3, 0.4) is 0 Å². The zero-order valence-electron chi connectivity index (χ0n) is 15.4. The first kappa shape index (κ1) is 20.4. The molecule has 1 aromatic rings. The number of carboxylic acids is 1. The second-order valence-electron chi connectivity index (χ2n) is 6.68. The minimum Gasteiger partial charge on any atom is -0.480 e. The van der Waals surface area contributed by atoms with Crippen molar-refractivity contribution in [3.63, 3.8) is 0 Å². The minimum absolute atomic E-state index is 0.0397. The number of carboxylic acid groups (broad SMARTS) is 1. The maximum Gasteiger partial charge on any atom is 0.323 e. The SMILES string of the molecule is CCS(=O)(=O)N1CCC(N(CC(=O)O)C(=O)c2ccc(C)cc2C)CC1. The Morgan fingerprint density at radius 3 is 2.35 bits per heavy atom. The topological polar surface area (TPSA) is 95.0 Å². The Morgan fingerprint density at radius 2 is 1.85 bits per heavy atom. The molecule has 0 bridgehead atoms. The summed E-state index contributed by atoms with van der Waals surface area (Å²) in [7, 11) is -3.26. The van der Waals surface area contributed by atoms with Crippen LogP contribution in [0.25, 0.3) is 0 Å². The lowest BCUT2D eigenvalue weighted by molar-refractivity contribution is -0.138. The third-order valence-corrected chi connectivity index (χ3v) is 6.68. The molecule has 0 radical (unpaired) electrons. The Hall–Kier alpha value is -1.93. The molecule has 144 valence electrons. The van der Waals surface area contributed by atoms with E-state index in [1.165, 1.54) is 9.21 Å².